The number of ketones is 1. The van der Waals surface area contributed by atoms with Crippen molar-refractivity contribution < 1.29 is 4.79 Å². The Morgan fingerprint density at radius 2 is 2.21 bits per heavy atom. The molecule has 1 aromatic rings. The summed E-state index contributed by atoms with van der Waals surface area (Å²) < 4.78 is 1.76. The molecule has 0 radical (unpaired) electrons. The third-order valence-electron chi connectivity index (χ3n) is 1.90. The topological polar surface area (TPSA) is 34.9 Å². The molecule has 0 aliphatic heterocycles. The van der Waals surface area contributed by atoms with E-state index in [1.165, 1.54) is 0 Å². The monoisotopic (exact) mass is 192 g/mol. The van der Waals surface area contributed by atoms with Crippen molar-refractivity contribution in [1.82, 2.24) is 9.78 Å². The molecule has 0 aliphatic carbocycles. The van der Waals surface area contributed by atoms with Crippen LogP contribution in [0.25, 0.3) is 0 Å². The molecule has 0 aromatic carbocycles. The first kappa shape index (κ1) is 10.7. The molecule has 0 unspecified atom stereocenters. The maximum Gasteiger partial charge on any atom is 0.161 e. The van der Waals surface area contributed by atoms with Gasteiger partial charge in [0, 0.05) is 12.7 Å². The van der Waals surface area contributed by atoms with Gasteiger partial charge >= 0.3 is 0 Å². The average molecular weight is 192 g/mol. The Morgan fingerprint density at radius 3 is 2.64 bits per heavy atom. The number of hydrogen-bond acceptors (Lipinski definition) is 2. The molecule has 0 fully saturated rings. The van der Waals surface area contributed by atoms with E-state index in [0.717, 1.165) is 17.0 Å². The largest absolute Gasteiger partial charge is 0.294 e. The molecule has 3 nitrogen and oxygen atoms in total. The van der Waals surface area contributed by atoms with E-state index in [1.807, 2.05) is 33.9 Å². The van der Waals surface area contributed by atoms with Gasteiger partial charge in [0.15, 0.2) is 5.78 Å². The standard InChI is InChI=1S/C11H16N2O/c1-8(2)5-11(14)7-10-6-9(3)12-13(10)4/h5-6H,7H2,1-4H3. The summed E-state index contributed by atoms with van der Waals surface area (Å²) in [5.74, 6) is 0.132. The fraction of sp³-hybridized carbons (Fsp3) is 0.455. The summed E-state index contributed by atoms with van der Waals surface area (Å²) >= 11 is 0. The Bertz CT molecular complexity index is 371. The van der Waals surface area contributed by atoms with Crippen LogP contribution in [0.2, 0.25) is 0 Å². The average Bonchev–Trinajstić information content (AvgIpc) is 2.28. The Labute approximate surface area is 84.4 Å². The van der Waals surface area contributed by atoms with Gasteiger partial charge in [-0.15, -0.1) is 0 Å². The molecule has 14 heavy (non-hydrogen) atoms. The molecule has 76 valence electrons. The highest BCUT2D eigenvalue weighted by molar-refractivity contribution is 5.91. The predicted octanol–water partition coefficient (Wildman–Crippen LogP) is 1.81. The number of carbonyl (C=O) groups excluding carboxylic acids is 1. The number of hydrogen-bond donors (Lipinski definition) is 0. The van der Waals surface area contributed by atoms with E-state index in [9.17, 15) is 4.79 Å². The quantitative estimate of drug-likeness (QED) is 0.684. The van der Waals surface area contributed by atoms with Gasteiger partial charge in [0.05, 0.1) is 12.1 Å². The maximum atomic E-state index is 11.5. The zero-order chi connectivity index (χ0) is 10.7. The highest BCUT2D eigenvalue weighted by atomic mass is 16.1. The SMILES string of the molecule is CC(C)=CC(=O)Cc1cc(C)nn1C. The van der Waals surface area contributed by atoms with E-state index < -0.39 is 0 Å². The lowest BCUT2D eigenvalue weighted by Gasteiger charge is -1.98. The second-order valence-corrected chi connectivity index (χ2v) is 3.77. The molecule has 0 bridgehead atoms. The number of carbonyl (C=O) groups is 1. The second-order valence-electron chi connectivity index (χ2n) is 3.77. The van der Waals surface area contributed by atoms with Crippen molar-refractivity contribution in [1.29, 1.82) is 0 Å². The molecule has 3 heteroatoms. The lowest BCUT2D eigenvalue weighted by molar-refractivity contribution is -0.114. The first-order valence-corrected chi connectivity index (χ1v) is 4.66. The van der Waals surface area contributed by atoms with Gasteiger partial charge in [-0.05, 0) is 32.9 Å². The van der Waals surface area contributed by atoms with E-state index in [2.05, 4.69) is 5.10 Å². The van der Waals surface area contributed by atoms with Crippen LogP contribution in [0.5, 0.6) is 0 Å². The number of allylic oxidation sites excluding steroid dienone is 2. The van der Waals surface area contributed by atoms with E-state index in [4.69, 9.17) is 0 Å². The zero-order valence-corrected chi connectivity index (χ0v) is 9.16. The van der Waals surface area contributed by atoms with Crippen molar-refractivity contribution in [3.63, 3.8) is 0 Å². The number of nitrogens with zero attached hydrogens (tertiary/aromatic N) is 2. The Hall–Kier alpha value is -1.38. The van der Waals surface area contributed by atoms with Gasteiger partial charge in [-0.2, -0.15) is 5.10 Å². The van der Waals surface area contributed by atoms with Crippen LogP contribution in [0.3, 0.4) is 0 Å². The molecule has 0 atom stereocenters. The molecule has 0 spiro atoms. The van der Waals surface area contributed by atoms with Gasteiger partial charge in [-0.3, -0.25) is 9.48 Å². The number of aromatic nitrogens is 2. The molecule has 1 aromatic heterocycles. The molecular weight excluding hydrogens is 176 g/mol. The third kappa shape index (κ3) is 2.83. The first-order valence-electron chi connectivity index (χ1n) is 4.66. The van der Waals surface area contributed by atoms with Gasteiger partial charge in [0.25, 0.3) is 0 Å². The molecule has 0 N–H and O–H groups in total. The minimum absolute atomic E-state index is 0.132. The summed E-state index contributed by atoms with van der Waals surface area (Å²) in [5, 5.41) is 4.19. The van der Waals surface area contributed by atoms with Crippen LogP contribution in [0.1, 0.15) is 25.2 Å². The van der Waals surface area contributed by atoms with Crippen LogP contribution in [0.15, 0.2) is 17.7 Å². The van der Waals surface area contributed by atoms with Gasteiger partial charge in [0.2, 0.25) is 0 Å². The highest BCUT2D eigenvalue weighted by Crippen LogP contribution is 2.04. The lowest BCUT2D eigenvalue weighted by Crippen LogP contribution is -2.05. The summed E-state index contributed by atoms with van der Waals surface area (Å²) in [4.78, 5) is 11.5. The molecule has 1 rings (SSSR count). The predicted molar refractivity (Wildman–Crippen MR) is 56.1 cm³/mol. The van der Waals surface area contributed by atoms with E-state index >= 15 is 0 Å². The summed E-state index contributed by atoms with van der Waals surface area (Å²) in [6.07, 6.45) is 2.10. The van der Waals surface area contributed by atoms with Gasteiger partial charge in [-0.1, -0.05) is 5.57 Å². The summed E-state index contributed by atoms with van der Waals surface area (Å²) in [5.41, 5.74) is 2.95. The number of rotatable bonds is 3. The van der Waals surface area contributed by atoms with Crippen LogP contribution >= 0.6 is 0 Å². The van der Waals surface area contributed by atoms with Gasteiger partial charge in [-0.25, -0.2) is 0 Å². The molecule has 0 amide bonds. The van der Waals surface area contributed by atoms with Crippen molar-refractivity contribution in [3.05, 3.63) is 29.1 Å². The molecule has 0 saturated heterocycles. The van der Waals surface area contributed by atoms with Crippen LogP contribution in [-0.4, -0.2) is 15.6 Å². The van der Waals surface area contributed by atoms with E-state index in [0.29, 0.717) is 6.42 Å². The van der Waals surface area contributed by atoms with Crippen molar-refractivity contribution >= 4 is 5.78 Å². The fourth-order valence-electron chi connectivity index (χ4n) is 1.38. The number of aryl methyl sites for hydroxylation is 2. The van der Waals surface area contributed by atoms with Crippen molar-refractivity contribution in [2.24, 2.45) is 7.05 Å². The lowest BCUT2D eigenvalue weighted by atomic mass is 10.1. The smallest absolute Gasteiger partial charge is 0.161 e. The van der Waals surface area contributed by atoms with E-state index in [-0.39, 0.29) is 5.78 Å². The summed E-state index contributed by atoms with van der Waals surface area (Å²) in [7, 11) is 1.86. The minimum Gasteiger partial charge on any atom is -0.294 e. The van der Waals surface area contributed by atoms with Crippen LogP contribution in [0.4, 0.5) is 0 Å². The molecular formula is C11H16N2O. The maximum absolute atomic E-state index is 11.5. The molecule has 1 heterocycles. The summed E-state index contributed by atoms with van der Waals surface area (Å²) in [6, 6.07) is 1.94. The van der Waals surface area contributed by atoms with E-state index in [1.54, 1.807) is 10.8 Å². The molecule has 0 saturated carbocycles. The van der Waals surface area contributed by atoms with Gasteiger partial charge in [0.1, 0.15) is 0 Å². The fourth-order valence-corrected chi connectivity index (χ4v) is 1.38. The third-order valence-corrected chi connectivity index (χ3v) is 1.90. The van der Waals surface area contributed by atoms with Crippen LogP contribution in [-0.2, 0) is 18.3 Å². The normalized spacial score (nSPS) is 10.0. The summed E-state index contributed by atoms with van der Waals surface area (Å²) in [6.45, 7) is 5.77. The zero-order valence-electron chi connectivity index (χ0n) is 9.16. The second kappa shape index (κ2) is 4.22. The van der Waals surface area contributed by atoms with Crippen molar-refractivity contribution in [2.45, 2.75) is 27.2 Å². The van der Waals surface area contributed by atoms with Crippen LogP contribution < -0.4 is 0 Å². The minimum atomic E-state index is 0.132. The molecule has 0 aliphatic rings. The van der Waals surface area contributed by atoms with Crippen LogP contribution in [0, 0.1) is 6.92 Å². The van der Waals surface area contributed by atoms with Crippen molar-refractivity contribution in [3.8, 4) is 0 Å². The highest BCUT2D eigenvalue weighted by Gasteiger charge is 2.05. The Balaban J connectivity index is 2.74. The Morgan fingerprint density at radius 1 is 1.57 bits per heavy atom. The van der Waals surface area contributed by atoms with Crippen molar-refractivity contribution in [2.75, 3.05) is 0 Å². The van der Waals surface area contributed by atoms with Gasteiger partial charge < -0.3 is 0 Å². The Kier molecular flexibility index (Phi) is 3.23. The first-order chi connectivity index (χ1) is 6.49.